The number of oxime groups is 1. The normalized spacial score (nSPS) is 17.7. The van der Waals surface area contributed by atoms with Crippen molar-refractivity contribution in [1.29, 1.82) is 0 Å². The topological polar surface area (TPSA) is 115 Å². The maximum Gasteiger partial charge on any atom is 0.280 e. The van der Waals surface area contributed by atoms with Crippen LogP contribution >= 0.6 is 11.3 Å². The number of carbonyl (C=O) groups is 2. The van der Waals surface area contributed by atoms with Gasteiger partial charge in [0.05, 0.1) is 21.2 Å². The molecule has 0 aliphatic heterocycles. The van der Waals surface area contributed by atoms with Crippen LogP contribution in [0.2, 0.25) is 0 Å². The van der Waals surface area contributed by atoms with Crippen LogP contribution < -0.4 is 5.32 Å². The highest BCUT2D eigenvalue weighted by molar-refractivity contribution is 7.92. The molecule has 2 aliphatic carbocycles. The summed E-state index contributed by atoms with van der Waals surface area (Å²) in [6.07, 6.45) is 7.24. The van der Waals surface area contributed by atoms with Gasteiger partial charge in [0, 0.05) is 5.56 Å². The number of amides is 1. The lowest BCUT2D eigenvalue weighted by Crippen LogP contribution is -2.25. The van der Waals surface area contributed by atoms with Crippen molar-refractivity contribution in [3.63, 3.8) is 0 Å². The molecule has 8 nitrogen and oxygen atoms in total. The molecule has 0 atom stereocenters. The number of nitrogens with one attached hydrogen (secondary N) is 1. The van der Waals surface area contributed by atoms with Crippen LogP contribution in [0.15, 0.2) is 40.5 Å². The van der Waals surface area contributed by atoms with Crippen molar-refractivity contribution in [2.24, 2.45) is 5.16 Å². The number of aromatic nitrogens is 1. The maximum atomic E-state index is 12.9. The van der Waals surface area contributed by atoms with E-state index in [0.29, 0.717) is 29.6 Å². The zero-order valence-electron chi connectivity index (χ0n) is 16.1. The molecular formula is C20H21N3O5S2. The molecule has 0 spiro atoms. The van der Waals surface area contributed by atoms with Crippen molar-refractivity contribution < 1.29 is 22.8 Å². The van der Waals surface area contributed by atoms with Crippen LogP contribution in [0.3, 0.4) is 0 Å². The second-order valence-corrected chi connectivity index (χ2v) is 10.7. The van der Waals surface area contributed by atoms with Crippen LogP contribution in [-0.2, 0) is 19.5 Å². The number of thiazole rings is 1. The predicted octanol–water partition coefficient (Wildman–Crippen LogP) is 3.19. The SMILES string of the molecule is O=Cc1cnc(NC(=O)/C(=N/OC2CCCC2)c2ccc(S(=O)(=O)C3CC3)cc2)s1. The third-order valence-corrected chi connectivity index (χ3v) is 8.21. The summed E-state index contributed by atoms with van der Waals surface area (Å²) in [7, 11) is -3.32. The quantitative estimate of drug-likeness (QED) is 0.378. The monoisotopic (exact) mass is 447 g/mol. The average Bonchev–Trinajstić information content (AvgIpc) is 3.31. The maximum absolute atomic E-state index is 12.9. The third-order valence-electron chi connectivity index (χ3n) is 5.09. The molecule has 158 valence electrons. The Balaban J connectivity index is 1.58. The molecule has 1 heterocycles. The minimum Gasteiger partial charge on any atom is -0.392 e. The van der Waals surface area contributed by atoms with Gasteiger partial charge >= 0.3 is 0 Å². The summed E-state index contributed by atoms with van der Waals surface area (Å²) in [4.78, 5) is 33.9. The third kappa shape index (κ3) is 4.59. The van der Waals surface area contributed by atoms with Crippen LogP contribution in [0.5, 0.6) is 0 Å². The summed E-state index contributed by atoms with van der Waals surface area (Å²) in [6, 6.07) is 6.11. The number of benzene rings is 1. The molecule has 2 saturated carbocycles. The summed E-state index contributed by atoms with van der Waals surface area (Å²) in [5, 5.41) is 6.69. The molecule has 2 aliphatic rings. The van der Waals surface area contributed by atoms with Crippen LogP contribution in [0.25, 0.3) is 0 Å². The highest BCUT2D eigenvalue weighted by Gasteiger charge is 2.36. The van der Waals surface area contributed by atoms with Crippen molar-refractivity contribution in [2.45, 2.75) is 54.8 Å². The molecule has 4 rings (SSSR count). The average molecular weight is 448 g/mol. The molecule has 2 fully saturated rings. The molecule has 10 heteroatoms. The molecule has 1 aromatic heterocycles. The minimum atomic E-state index is -3.32. The van der Waals surface area contributed by atoms with Gasteiger partial charge in [-0.1, -0.05) is 28.6 Å². The first-order valence-corrected chi connectivity index (χ1v) is 12.1. The molecule has 2 aromatic rings. The van der Waals surface area contributed by atoms with E-state index >= 15 is 0 Å². The fourth-order valence-electron chi connectivity index (χ4n) is 3.27. The van der Waals surface area contributed by atoms with Crippen LogP contribution in [0, 0.1) is 0 Å². The number of aldehydes is 1. The van der Waals surface area contributed by atoms with E-state index < -0.39 is 15.7 Å². The molecule has 0 bridgehead atoms. The summed E-state index contributed by atoms with van der Waals surface area (Å²) in [5.41, 5.74) is 0.465. The fraction of sp³-hybridized carbons (Fsp3) is 0.400. The number of sulfone groups is 1. The molecule has 1 aromatic carbocycles. The van der Waals surface area contributed by atoms with E-state index in [1.165, 1.54) is 18.3 Å². The number of rotatable bonds is 8. The number of anilines is 1. The van der Waals surface area contributed by atoms with Crippen LogP contribution in [0.1, 0.15) is 53.8 Å². The zero-order chi connectivity index (χ0) is 21.1. The van der Waals surface area contributed by atoms with E-state index in [4.69, 9.17) is 4.84 Å². The number of hydrogen-bond acceptors (Lipinski definition) is 8. The van der Waals surface area contributed by atoms with E-state index in [9.17, 15) is 18.0 Å². The highest BCUT2D eigenvalue weighted by atomic mass is 32.2. The molecule has 0 radical (unpaired) electrons. The Bertz CT molecular complexity index is 1070. The molecule has 1 amide bonds. The number of carbonyl (C=O) groups excluding carboxylic acids is 2. The first-order chi connectivity index (χ1) is 14.5. The lowest BCUT2D eigenvalue weighted by atomic mass is 10.1. The van der Waals surface area contributed by atoms with Crippen LogP contribution in [0.4, 0.5) is 5.13 Å². The van der Waals surface area contributed by atoms with Crippen molar-refractivity contribution in [3.05, 3.63) is 40.9 Å². The molecule has 0 saturated heterocycles. The van der Waals surface area contributed by atoms with Crippen molar-refractivity contribution in [3.8, 4) is 0 Å². The van der Waals surface area contributed by atoms with Gasteiger partial charge in [0.1, 0.15) is 6.10 Å². The Labute approximate surface area is 178 Å². The summed E-state index contributed by atoms with van der Waals surface area (Å²) in [6.45, 7) is 0. The summed E-state index contributed by atoms with van der Waals surface area (Å²) >= 11 is 1.05. The minimum absolute atomic E-state index is 0.0279. The van der Waals surface area contributed by atoms with Gasteiger partial charge < -0.3 is 4.84 Å². The van der Waals surface area contributed by atoms with Gasteiger partial charge in [-0.15, -0.1) is 0 Å². The van der Waals surface area contributed by atoms with Gasteiger partial charge in [0.2, 0.25) is 0 Å². The Hall–Kier alpha value is -2.59. The van der Waals surface area contributed by atoms with Gasteiger partial charge in [0.15, 0.2) is 27.0 Å². The van der Waals surface area contributed by atoms with Gasteiger partial charge in [-0.3, -0.25) is 14.9 Å². The van der Waals surface area contributed by atoms with E-state index in [2.05, 4.69) is 15.5 Å². The largest absolute Gasteiger partial charge is 0.392 e. The summed E-state index contributed by atoms with van der Waals surface area (Å²) < 4.78 is 24.8. The lowest BCUT2D eigenvalue weighted by Gasteiger charge is -2.11. The number of hydrogen-bond donors (Lipinski definition) is 1. The smallest absolute Gasteiger partial charge is 0.280 e. The second-order valence-electron chi connectivity index (χ2n) is 7.36. The van der Waals surface area contributed by atoms with E-state index in [1.807, 2.05) is 0 Å². The van der Waals surface area contributed by atoms with Crippen molar-refractivity contribution in [2.75, 3.05) is 5.32 Å². The van der Waals surface area contributed by atoms with E-state index in [1.54, 1.807) is 12.1 Å². The summed E-state index contributed by atoms with van der Waals surface area (Å²) in [5.74, 6) is -0.544. The second kappa shape index (κ2) is 8.65. The van der Waals surface area contributed by atoms with Gasteiger partial charge in [-0.25, -0.2) is 13.4 Å². The Morgan fingerprint density at radius 3 is 2.47 bits per heavy atom. The first kappa shape index (κ1) is 20.7. The molecule has 30 heavy (non-hydrogen) atoms. The van der Waals surface area contributed by atoms with E-state index in [0.717, 1.165) is 37.0 Å². The standard InChI is InChI=1S/C20H21N3O5S2/c24-12-15-11-21-20(29-15)22-19(25)18(23-28-14-3-1-2-4-14)13-5-7-16(8-6-13)30(26,27)17-9-10-17/h5-8,11-12,14,17H,1-4,9-10H2,(H,21,22,25)/b23-18+. The van der Waals surface area contributed by atoms with Crippen molar-refractivity contribution >= 4 is 44.2 Å². The fourth-order valence-corrected chi connectivity index (χ4v) is 5.56. The lowest BCUT2D eigenvalue weighted by molar-refractivity contribution is -0.110. The van der Waals surface area contributed by atoms with Crippen molar-refractivity contribution in [1.82, 2.24) is 4.98 Å². The molecular weight excluding hydrogens is 426 g/mol. The molecule has 1 N–H and O–H groups in total. The highest BCUT2D eigenvalue weighted by Crippen LogP contribution is 2.33. The van der Waals surface area contributed by atoms with Gasteiger partial charge in [-0.05, 0) is 50.7 Å². The zero-order valence-corrected chi connectivity index (χ0v) is 17.7. The Morgan fingerprint density at radius 1 is 1.17 bits per heavy atom. The Kier molecular flexibility index (Phi) is 5.96. The first-order valence-electron chi connectivity index (χ1n) is 9.78. The Morgan fingerprint density at radius 2 is 1.87 bits per heavy atom. The molecule has 0 unspecified atom stereocenters. The predicted molar refractivity (Wildman–Crippen MR) is 113 cm³/mol. The van der Waals surface area contributed by atoms with Crippen LogP contribution in [-0.4, -0.2) is 42.7 Å². The number of nitrogens with zero attached hydrogens (tertiary/aromatic N) is 2. The van der Waals surface area contributed by atoms with E-state index in [-0.39, 0.29) is 27.1 Å². The van der Waals surface area contributed by atoms with Gasteiger partial charge in [-0.2, -0.15) is 0 Å². The van der Waals surface area contributed by atoms with Gasteiger partial charge in [0.25, 0.3) is 5.91 Å².